The summed E-state index contributed by atoms with van der Waals surface area (Å²) in [5, 5.41) is 8.21. The predicted molar refractivity (Wildman–Crippen MR) is 107 cm³/mol. The van der Waals surface area contributed by atoms with Crippen molar-refractivity contribution in [2.75, 3.05) is 6.54 Å². The molecule has 4 rings (SSSR count). The first-order valence-corrected chi connectivity index (χ1v) is 11.1. The zero-order valence-corrected chi connectivity index (χ0v) is 17.2. The van der Waals surface area contributed by atoms with E-state index in [0.717, 1.165) is 25.2 Å². The maximum Gasteiger partial charge on any atom is 0.226 e. The number of carbonyl (C=O) groups excluding carboxylic acids is 1. The van der Waals surface area contributed by atoms with Crippen molar-refractivity contribution in [3.05, 3.63) is 56.0 Å². The van der Waals surface area contributed by atoms with Crippen molar-refractivity contribution in [1.29, 1.82) is 0 Å². The van der Waals surface area contributed by atoms with Crippen LogP contribution in [0.4, 0.5) is 0 Å². The van der Waals surface area contributed by atoms with Crippen molar-refractivity contribution in [3.63, 3.8) is 0 Å². The van der Waals surface area contributed by atoms with Crippen LogP contribution in [-0.4, -0.2) is 27.5 Å². The van der Waals surface area contributed by atoms with Crippen molar-refractivity contribution in [2.24, 2.45) is 0 Å². The Balaban J connectivity index is 1.43. The maximum absolute atomic E-state index is 13.0. The summed E-state index contributed by atoms with van der Waals surface area (Å²) in [6.07, 6.45) is 2.82. The third kappa shape index (κ3) is 3.84. The minimum absolute atomic E-state index is 0.0587. The fourth-order valence-electron chi connectivity index (χ4n) is 3.48. The quantitative estimate of drug-likeness (QED) is 0.594. The second-order valence-corrected chi connectivity index (χ2v) is 9.09. The fourth-order valence-corrected chi connectivity index (χ4v) is 5.24. The van der Waals surface area contributed by atoms with Crippen LogP contribution in [0.15, 0.2) is 33.5 Å². The number of aryl methyl sites for hydroxylation is 1. The molecule has 5 nitrogen and oxygen atoms in total. The summed E-state index contributed by atoms with van der Waals surface area (Å²) in [6.45, 7) is 4.86. The molecule has 1 atom stereocenters. The Morgan fingerprint density at radius 3 is 2.96 bits per heavy atom. The van der Waals surface area contributed by atoms with E-state index in [2.05, 4.69) is 39.1 Å². The standard InChI is InChI=1S/C20H23N3O2S2/c1-13(2)20-21-17(25-22-20)6-3-7-18(24)23-10-8-15-14(9-12-27-15)19(23)16-5-4-11-26-16/h4-5,9,11-13,19H,3,6-8,10H2,1-2H3. The molecule has 1 unspecified atom stereocenters. The molecule has 3 aromatic heterocycles. The Morgan fingerprint density at radius 2 is 2.22 bits per heavy atom. The molecule has 4 heterocycles. The lowest BCUT2D eigenvalue weighted by Gasteiger charge is -2.35. The molecule has 0 saturated heterocycles. The highest BCUT2D eigenvalue weighted by Crippen LogP contribution is 2.39. The van der Waals surface area contributed by atoms with Gasteiger partial charge in [-0.15, -0.1) is 22.7 Å². The van der Waals surface area contributed by atoms with Gasteiger partial charge in [0.2, 0.25) is 11.8 Å². The first-order valence-electron chi connectivity index (χ1n) is 9.35. The summed E-state index contributed by atoms with van der Waals surface area (Å²) >= 11 is 3.52. The van der Waals surface area contributed by atoms with Gasteiger partial charge in [0.25, 0.3) is 0 Å². The molecule has 1 aliphatic heterocycles. The van der Waals surface area contributed by atoms with Gasteiger partial charge in [0.15, 0.2) is 5.82 Å². The van der Waals surface area contributed by atoms with Crippen LogP contribution in [0.2, 0.25) is 0 Å². The third-order valence-corrected chi connectivity index (χ3v) is 6.80. The van der Waals surface area contributed by atoms with Crippen molar-refractivity contribution in [3.8, 4) is 0 Å². The second-order valence-electron chi connectivity index (χ2n) is 7.11. The van der Waals surface area contributed by atoms with E-state index in [1.54, 1.807) is 22.7 Å². The van der Waals surface area contributed by atoms with E-state index in [-0.39, 0.29) is 17.9 Å². The topological polar surface area (TPSA) is 59.2 Å². The Morgan fingerprint density at radius 1 is 1.33 bits per heavy atom. The van der Waals surface area contributed by atoms with Gasteiger partial charge < -0.3 is 9.42 Å². The third-order valence-electron chi connectivity index (χ3n) is 4.88. The molecular formula is C20H23N3O2S2. The zero-order valence-electron chi connectivity index (χ0n) is 15.6. The molecule has 142 valence electrons. The number of fused-ring (bicyclic) bond motifs is 1. The average molecular weight is 402 g/mol. The van der Waals surface area contributed by atoms with E-state index in [0.29, 0.717) is 18.7 Å². The molecule has 0 fully saturated rings. The van der Waals surface area contributed by atoms with Gasteiger partial charge in [0.1, 0.15) is 0 Å². The van der Waals surface area contributed by atoms with E-state index < -0.39 is 0 Å². The fraction of sp³-hybridized carbons (Fsp3) is 0.450. The largest absolute Gasteiger partial charge is 0.339 e. The van der Waals surface area contributed by atoms with E-state index in [4.69, 9.17) is 4.52 Å². The summed E-state index contributed by atoms with van der Waals surface area (Å²) in [5.41, 5.74) is 1.29. The van der Waals surface area contributed by atoms with Crippen molar-refractivity contribution < 1.29 is 9.32 Å². The molecule has 0 saturated carbocycles. The number of aromatic nitrogens is 2. The number of hydrogen-bond acceptors (Lipinski definition) is 6. The van der Waals surface area contributed by atoms with E-state index in [1.165, 1.54) is 15.3 Å². The van der Waals surface area contributed by atoms with Crippen molar-refractivity contribution >= 4 is 28.6 Å². The van der Waals surface area contributed by atoms with Crippen molar-refractivity contribution in [1.82, 2.24) is 15.0 Å². The van der Waals surface area contributed by atoms with Crippen LogP contribution in [0.25, 0.3) is 0 Å². The highest BCUT2D eigenvalue weighted by molar-refractivity contribution is 7.10. The summed E-state index contributed by atoms with van der Waals surface area (Å²) in [5.74, 6) is 1.81. The second kappa shape index (κ2) is 7.94. The lowest BCUT2D eigenvalue weighted by atomic mass is 9.98. The average Bonchev–Trinajstić information content (AvgIpc) is 3.41. The molecule has 3 aromatic rings. The summed E-state index contributed by atoms with van der Waals surface area (Å²) in [7, 11) is 0. The number of nitrogens with zero attached hydrogens (tertiary/aromatic N) is 3. The Labute approximate surface area is 167 Å². The normalized spacial score (nSPS) is 16.7. The molecule has 0 aromatic carbocycles. The van der Waals surface area contributed by atoms with Gasteiger partial charge >= 0.3 is 0 Å². The highest BCUT2D eigenvalue weighted by atomic mass is 32.1. The molecule has 27 heavy (non-hydrogen) atoms. The molecule has 0 aliphatic carbocycles. The molecule has 1 aliphatic rings. The Hall–Kier alpha value is -1.99. The van der Waals surface area contributed by atoms with Gasteiger partial charge in [0, 0.05) is 35.1 Å². The van der Waals surface area contributed by atoms with E-state index in [9.17, 15) is 4.79 Å². The van der Waals surface area contributed by atoms with Crippen LogP contribution in [0.1, 0.15) is 65.7 Å². The first kappa shape index (κ1) is 18.4. The molecule has 0 bridgehead atoms. The van der Waals surface area contributed by atoms with E-state index in [1.807, 2.05) is 18.7 Å². The van der Waals surface area contributed by atoms with Crippen LogP contribution in [0.5, 0.6) is 0 Å². The van der Waals surface area contributed by atoms with Crippen molar-refractivity contribution in [2.45, 2.75) is 51.5 Å². The SMILES string of the molecule is CC(C)c1noc(CCCC(=O)N2CCc3sccc3C2c2cccs2)n1. The predicted octanol–water partition coefficient (Wildman–Crippen LogP) is 4.81. The minimum atomic E-state index is 0.0587. The van der Waals surface area contributed by atoms with Crippen LogP contribution in [0.3, 0.4) is 0 Å². The molecule has 0 N–H and O–H groups in total. The Kier molecular flexibility index (Phi) is 5.41. The van der Waals surface area contributed by atoms with Gasteiger partial charge in [0.05, 0.1) is 6.04 Å². The monoisotopic (exact) mass is 401 g/mol. The number of carbonyl (C=O) groups is 1. The molecule has 7 heteroatoms. The molecule has 1 amide bonds. The van der Waals surface area contributed by atoms with Gasteiger partial charge in [-0.05, 0) is 41.3 Å². The highest BCUT2D eigenvalue weighted by Gasteiger charge is 2.33. The van der Waals surface area contributed by atoms with Crippen LogP contribution < -0.4 is 0 Å². The van der Waals surface area contributed by atoms with Gasteiger partial charge in [-0.1, -0.05) is 25.1 Å². The number of amides is 1. The minimum Gasteiger partial charge on any atom is -0.339 e. The van der Waals surface area contributed by atoms with Gasteiger partial charge in [-0.25, -0.2) is 0 Å². The lowest BCUT2D eigenvalue weighted by molar-refractivity contribution is -0.133. The molecule has 0 spiro atoms. The maximum atomic E-state index is 13.0. The summed E-state index contributed by atoms with van der Waals surface area (Å²) < 4.78 is 5.29. The first-order chi connectivity index (χ1) is 13.1. The number of rotatable bonds is 6. The number of hydrogen-bond donors (Lipinski definition) is 0. The van der Waals surface area contributed by atoms with E-state index >= 15 is 0 Å². The smallest absolute Gasteiger partial charge is 0.226 e. The van der Waals surface area contributed by atoms with Gasteiger partial charge in [-0.3, -0.25) is 4.79 Å². The summed E-state index contributed by atoms with van der Waals surface area (Å²) in [4.78, 5) is 22.1. The molecule has 0 radical (unpaired) electrons. The zero-order chi connectivity index (χ0) is 18.8. The Bertz CT molecular complexity index is 898. The lowest BCUT2D eigenvalue weighted by Crippen LogP contribution is -2.39. The molecular weight excluding hydrogens is 378 g/mol. The number of thiophene rings is 2. The van der Waals surface area contributed by atoms with Crippen LogP contribution in [-0.2, 0) is 17.6 Å². The van der Waals surface area contributed by atoms with Crippen LogP contribution >= 0.6 is 22.7 Å². The van der Waals surface area contributed by atoms with Crippen LogP contribution in [0, 0.1) is 0 Å². The van der Waals surface area contributed by atoms with Gasteiger partial charge in [-0.2, -0.15) is 4.98 Å². The summed E-state index contributed by atoms with van der Waals surface area (Å²) in [6, 6.07) is 6.43.